The first-order valence-electron chi connectivity index (χ1n) is 5.29. The smallest absolute Gasteiger partial charge is 0.238 e. The van der Waals surface area contributed by atoms with Crippen molar-refractivity contribution in [3.8, 4) is 5.88 Å². The van der Waals surface area contributed by atoms with Crippen molar-refractivity contribution in [1.29, 1.82) is 0 Å². The lowest BCUT2D eigenvalue weighted by atomic mass is 10.4. The summed E-state index contributed by atoms with van der Waals surface area (Å²) in [6.07, 6.45) is 0.0757. The van der Waals surface area contributed by atoms with Crippen LogP contribution in [0.25, 0.3) is 0 Å². The zero-order valence-corrected chi connectivity index (χ0v) is 11.3. The fraction of sp³-hybridized carbons (Fsp3) is 0.250. The van der Waals surface area contributed by atoms with Gasteiger partial charge in [0, 0.05) is 0 Å². The minimum Gasteiger partial charge on any atom is -0.473 e. The summed E-state index contributed by atoms with van der Waals surface area (Å²) >= 11 is 3.31. The topological polar surface area (TPSA) is 48.1 Å². The highest BCUT2D eigenvalue weighted by atomic mass is 32.2. The van der Waals surface area contributed by atoms with Gasteiger partial charge >= 0.3 is 0 Å². The van der Waals surface area contributed by atoms with Crippen LogP contribution in [0.1, 0.15) is 13.8 Å². The monoisotopic (exact) mass is 266 g/mol. The number of rotatable bonds is 4. The van der Waals surface area contributed by atoms with Gasteiger partial charge in [-0.25, -0.2) is 4.98 Å². The molecule has 0 bridgehead atoms. The maximum Gasteiger partial charge on any atom is 0.238 e. The van der Waals surface area contributed by atoms with E-state index < -0.39 is 0 Å². The van der Waals surface area contributed by atoms with Crippen molar-refractivity contribution < 1.29 is 4.74 Å². The second-order valence-corrected chi connectivity index (χ2v) is 6.01. The van der Waals surface area contributed by atoms with Gasteiger partial charge in [0.15, 0.2) is 0 Å². The van der Waals surface area contributed by atoms with Crippen LogP contribution in [-0.2, 0) is 0 Å². The third-order valence-electron chi connectivity index (χ3n) is 1.91. The van der Waals surface area contributed by atoms with E-state index in [9.17, 15) is 0 Å². The highest BCUT2D eigenvalue weighted by Gasteiger charge is 2.07. The van der Waals surface area contributed by atoms with Gasteiger partial charge in [-0.2, -0.15) is 0 Å². The number of nitrogen functional groups attached to an aromatic ring is 1. The highest BCUT2D eigenvalue weighted by molar-refractivity contribution is 8.01. The fourth-order valence-corrected chi connectivity index (χ4v) is 2.91. The molecule has 2 aromatic heterocycles. The molecule has 0 atom stereocenters. The van der Waals surface area contributed by atoms with E-state index in [1.165, 1.54) is 4.21 Å². The molecular weight excluding hydrogens is 252 g/mol. The first kappa shape index (κ1) is 12.3. The quantitative estimate of drug-likeness (QED) is 0.917. The average molecular weight is 266 g/mol. The van der Waals surface area contributed by atoms with Gasteiger partial charge in [-0.15, -0.1) is 11.3 Å². The molecule has 2 heterocycles. The molecule has 0 unspecified atom stereocenters. The van der Waals surface area contributed by atoms with E-state index in [1.54, 1.807) is 23.1 Å². The summed E-state index contributed by atoms with van der Waals surface area (Å²) in [7, 11) is 0. The number of aromatic nitrogens is 1. The molecule has 2 rings (SSSR count). The van der Waals surface area contributed by atoms with Crippen molar-refractivity contribution in [2.45, 2.75) is 29.2 Å². The molecule has 0 aliphatic rings. The van der Waals surface area contributed by atoms with Gasteiger partial charge in [0.25, 0.3) is 0 Å². The summed E-state index contributed by atoms with van der Waals surface area (Å²) in [5, 5.41) is 2.95. The standard InChI is InChI=1S/C12H14N2OS2/c1-8(2)15-12-9(13)5-6-10(14-12)17-11-4-3-7-16-11/h3-8H,13H2,1-2H3. The van der Waals surface area contributed by atoms with E-state index in [4.69, 9.17) is 10.5 Å². The number of pyridine rings is 1. The molecule has 90 valence electrons. The van der Waals surface area contributed by atoms with E-state index >= 15 is 0 Å². The Morgan fingerprint density at radius 3 is 2.82 bits per heavy atom. The van der Waals surface area contributed by atoms with Crippen molar-refractivity contribution in [2.24, 2.45) is 0 Å². The molecule has 0 aromatic carbocycles. The Hall–Kier alpha value is -1.20. The van der Waals surface area contributed by atoms with Crippen LogP contribution >= 0.6 is 23.1 Å². The lowest BCUT2D eigenvalue weighted by molar-refractivity contribution is 0.232. The molecule has 0 saturated carbocycles. The molecule has 2 aromatic rings. The van der Waals surface area contributed by atoms with Gasteiger partial charge in [0.1, 0.15) is 5.03 Å². The number of nitrogens with two attached hydrogens (primary N) is 1. The van der Waals surface area contributed by atoms with Crippen LogP contribution in [0.4, 0.5) is 5.69 Å². The number of hydrogen-bond acceptors (Lipinski definition) is 5. The normalized spacial score (nSPS) is 10.8. The van der Waals surface area contributed by atoms with Gasteiger partial charge in [-0.3, -0.25) is 0 Å². The van der Waals surface area contributed by atoms with Gasteiger partial charge in [-0.05, 0) is 37.4 Å². The largest absolute Gasteiger partial charge is 0.473 e. The summed E-state index contributed by atoms with van der Waals surface area (Å²) < 4.78 is 6.77. The van der Waals surface area contributed by atoms with E-state index in [0.29, 0.717) is 11.6 Å². The molecule has 3 nitrogen and oxygen atoms in total. The maximum absolute atomic E-state index is 5.82. The van der Waals surface area contributed by atoms with Crippen molar-refractivity contribution >= 4 is 28.8 Å². The Labute approximate surface area is 109 Å². The van der Waals surface area contributed by atoms with E-state index in [-0.39, 0.29) is 6.10 Å². The first-order chi connectivity index (χ1) is 8.15. The molecule has 0 aliphatic carbocycles. The molecule has 0 aliphatic heterocycles. The Balaban J connectivity index is 2.18. The summed E-state index contributed by atoms with van der Waals surface area (Å²) in [4.78, 5) is 4.41. The van der Waals surface area contributed by atoms with Crippen LogP contribution in [0.3, 0.4) is 0 Å². The molecule has 0 saturated heterocycles. The van der Waals surface area contributed by atoms with Gasteiger partial charge < -0.3 is 10.5 Å². The van der Waals surface area contributed by atoms with Crippen molar-refractivity contribution in [3.05, 3.63) is 29.6 Å². The van der Waals surface area contributed by atoms with Crippen LogP contribution in [-0.4, -0.2) is 11.1 Å². The number of hydrogen-bond donors (Lipinski definition) is 1. The van der Waals surface area contributed by atoms with Crippen LogP contribution in [0.5, 0.6) is 5.88 Å². The lowest BCUT2D eigenvalue weighted by Crippen LogP contribution is -2.09. The zero-order valence-electron chi connectivity index (χ0n) is 9.71. The third-order valence-corrected chi connectivity index (χ3v) is 3.89. The Bertz CT molecular complexity index is 483. The second kappa shape index (κ2) is 5.42. The molecule has 2 N–H and O–H groups in total. The number of ether oxygens (including phenoxy) is 1. The number of anilines is 1. The Morgan fingerprint density at radius 1 is 1.35 bits per heavy atom. The van der Waals surface area contributed by atoms with E-state index in [2.05, 4.69) is 11.1 Å². The molecule has 0 spiro atoms. The van der Waals surface area contributed by atoms with E-state index in [1.807, 2.05) is 37.4 Å². The van der Waals surface area contributed by atoms with Crippen LogP contribution in [0.15, 0.2) is 38.9 Å². The van der Waals surface area contributed by atoms with Gasteiger partial charge in [-0.1, -0.05) is 17.8 Å². The fourth-order valence-electron chi connectivity index (χ4n) is 1.23. The first-order valence-corrected chi connectivity index (χ1v) is 6.99. The highest BCUT2D eigenvalue weighted by Crippen LogP contribution is 2.32. The second-order valence-electron chi connectivity index (χ2n) is 3.74. The molecule has 0 amide bonds. The maximum atomic E-state index is 5.82. The van der Waals surface area contributed by atoms with Crippen LogP contribution in [0, 0.1) is 0 Å². The third kappa shape index (κ3) is 3.38. The van der Waals surface area contributed by atoms with Crippen molar-refractivity contribution in [3.63, 3.8) is 0 Å². The summed E-state index contributed by atoms with van der Waals surface area (Å²) in [6, 6.07) is 7.83. The Morgan fingerprint density at radius 2 is 2.18 bits per heavy atom. The number of nitrogens with zero attached hydrogens (tertiary/aromatic N) is 1. The Kier molecular flexibility index (Phi) is 3.91. The summed E-state index contributed by atoms with van der Waals surface area (Å²) in [5.41, 5.74) is 6.39. The van der Waals surface area contributed by atoms with E-state index in [0.717, 1.165) is 5.03 Å². The van der Waals surface area contributed by atoms with Gasteiger partial charge in [0.05, 0.1) is 16.0 Å². The van der Waals surface area contributed by atoms with Crippen LogP contribution < -0.4 is 10.5 Å². The minimum absolute atomic E-state index is 0.0757. The van der Waals surface area contributed by atoms with Crippen molar-refractivity contribution in [1.82, 2.24) is 4.98 Å². The molecule has 0 radical (unpaired) electrons. The summed E-state index contributed by atoms with van der Waals surface area (Å²) in [6.45, 7) is 3.92. The molecule has 0 fully saturated rings. The summed E-state index contributed by atoms with van der Waals surface area (Å²) in [5.74, 6) is 0.515. The molecule has 5 heteroatoms. The number of thiophene rings is 1. The minimum atomic E-state index is 0.0757. The average Bonchev–Trinajstić information content (AvgIpc) is 2.75. The SMILES string of the molecule is CC(C)Oc1nc(Sc2cccs2)ccc1N. The molecular formula is C12H14N2OS2. The predicted octanol–water partition coefficient (Wildman–Crippen LogP) is 3.66. The predicted molar refractivity (Wildman–Crippen MR) is 72.9 cm³/mol. The lowest BCUT2D eigenvalue weighted by Gasteiger charge is -2.11. The van der Waals surface area contributed by atoms with Crippen molar-refractivity contribution in [2.75, 3.05) is 5.73 Å². The zero-order chi connectivity index (χ0) is 12.3. The van der Waals surface area contributed by atoms with Crippen LogP contribution in [0.2, 0.25) is 0 Å². The van der Waals surface area contributed by atoms with Gasteiger partial charge in [0.2, 0.25) is 5.88 Å². The molecule has 17 heavy (non-hydrogen) atoms.